The van der Waals surface area contributed by atoms with E-state index in [1.807, 2.05) is 6.08 Å². The largest absolute Gasteiger partial charge is 0.299 e. The molecule has 1 aliphatic rings. The number of nitrogens with zero attached hydrogens (tertiary/aromatic N) is 1. The first-order valence-electron chi connectivity index (χ1n) is 7.49. The van der Waals surface area contributed by atoms with Gasteiger partial charge in [0.2, 0.25) is 0 Å². The topological polar surface area (TPSA) is 3.24 Å². The van der Waals surface area contributed by atoms with E-state index in [9.17, 15) is 4.39 Å². The van der Waals surface area contributed by atoms with Gasteiger partial charge >= 0.3 is 0 Å². The molecule has 2 aromatic rings. The van der Waals surface area contributed by atoms with E-state index < -0.39 is 0 Å². The minimum absolute atomic E-state index is 0.0993. The van der Waals surface area contributed by atoms with Crippen molar-refractivity contribution in [3.63, 3.8) is 0 Å². The third-order valence-electron chi connectivity index (χ3n) is 4.05. The molecule has 0 saturated carbocycles. The number of allylic oxidation sites excluding steroid dienone is 1. The number of piperidine rings is 1. The first-order valence-corrected chi connectivity index (χ1v) is 8.37. The Morgan fingerprint density at radius 3 is 2.57 bits per heavy atom. The van der Waals surface area contributed by atoms with Crippen molar-refractivity contribution in [2.75, 3.05) is 13.1 Å². The number of benzene rings is 1. The molecule has 1 aromatic heterocycles. The summed E-state index contributed by atoms with van der Waals surface area (Å²) in [7, 11) is 0. The molecule has 0 amide bonds. The first-order chi connectivity index (χ1) is 10.3. The molecule has 0 atom stereocenters. The second kappa shape index (κ2) is 7.01. The third-order valence-corrected chi connectivity index (χ3v) is 4.90. The van der Waals surface area contributed by atoms with Crippen molar-refractivity contribution in [1.82, 2.24) is 4.90 Å². The summed E-state index contributed by atoms with van der Waals surface area (Å²) in [5.74, 6) is 0.483. The maximum absolute atomic E-state index is 13.4. The van der Waals surface area contributed by atoms with E-state index in [0.29, 0.717) is 5.92 Å². The van der Waals surface area contributed by atoms with E-state index in [0.717, 1.165) is 37.4 Å². The van der Waals surface area contributed by atoms with Crippen LogP contribution < -0.4 is 0 Å². The second-order valence-electron chi connectivity index (χ2n) is 5.59. The minimum atomic E-state index is -0.0993. The molecule has 3 heteroatoms. The second-order valence-corrected chi connectivity index (χ2v) is 6.54. The van der Waals surface area contributed by atoms with Gasteiger partial charge in [-0.2, -0.15) is 0 Å². The summed E-state index contributed by atoms with van der Waals surface area (Å²) in [4.78, 5) is 3.26. The SMILES string of the molecule is Fc1ccsc1C=CC1CCN(Cc2ccccc2)CC1. The Bertz CT molecular complexity index is 582. The fourth-order valence-electron chi connectivity index (χ4n) is 2.79. The molecular weight excluding hydrogens is 281 g/mol. The lowest BCUT2D eigenvalue weighted by atomic mass is 9.96. The molecule has 2 heterocycles. The lowest BCUT2D eigenvalue weighted by Gasteiger charge is -2.30. The molecule has 3 rings (SSSR count). The number of thiophene rings is 1. The van der Waals surface area contributed by atoms with Crippen LogP contribution in [0.2, 0.25) is 0 Å². The van der Waals surface area contributed by atoms with E-state index in [1.165, 1.54) is 23.0 Å². The lowest BCUT2D eigenvalue weighted by molar-refractivity contribution is 0.196. The van der Waals surface area contributed by atoms with Gasteiger partial charge in [-0.25, -0.2) is 4.39 Å². The number of rotatable bonds is 4. The van der Waals surface area contributed by atoms with Crippen LogP contribution in [0.5, 0.6) is 0 Å². The van der Waals surface area contributed by atoms with E-state index in [-0.39, 0.29) is 5.82 Å². The van der Waals surface area contributed by atoms with Crippen LogP contribution in [0.3, 0.4) is 0 Å². The van der Waals surface area contributed by atoms with Gasteiger partial charge in [0.25, 0.3) is 0 Å². The molecule has 0 unspecified atom stereocenters. The van der Waals surface area contributed by atoms with Crippen LogP contribution in [0.15, 0.2) is 47.9 Å². The van der Waals surface area contributed by atoms with E-state index >= 15 is 0 Å². The van der Waals surface area contributed by atoms with Crippen molar-refractivity contribution in [3.8, 4) is 0 Å². The number of hydrogen-bond acceptors (Lipinski definition) is 2. The molecule has 0 bridgehead atoms. The summed E-state index contributed by atoms with van der Waals surface area (Å²) in [6.07, 6.45) is 6.47. The highest BCUT2D eigenvalue weighted by Gasteiger charge is 2.17. The molecule has 0 radical (unpaired) electrons. The summed E-state index contributed by atoms with van der Waals surface area (Å²) >= 11 is 1.47. The maximum atomic E-state index is 13.4. The van der Waals surface area contributed by atoms with Crippen molar-refractivity contribution >= 4 is 17.4 Å². The van der Waals surface area contributed by atoms with Gasteiger partial charge in [-0.1, -0.05) is 36.4 Å². The molecular formula is C18H20FNS. The van der Waals surface area contributed by atoms with Gasteiger partial charge in [0.1, 0.15) is 5.82 Å². The van der Waals surface area contributed by atoms with Crippen LogP contribution in [0.1, 0.15) is 23.3 Å². The standard InChI is InChI=1S/C18H20FNS/c19-17-10-13-21-18(17)7-6-15-8-11-20(12-9-15)14-16-4-2-1-3-5-16/h1-7,10,13,15H,8-9,11-12,14H2. The average molecular weight is 301 g/mol. The number of likely N-dealkylation sites (tertiary alicyclic amines) is 1. The summed E-state index contributed by atoms with van der Waals surface area (Å²) in [5.41, 5.74) is 1.38. The molecule has 0 aliphatic carbocycles. The number of halogens is 1. The molecule has 1 aromatic carbocycles. The predicted molar refractivity (Wildman–Crippen MR) is 87.8 cm³/mol. The normalized spacial score (nSPS) is 17.6. The molecule has 21 heavy (non-hydrogen) atoms. The summed E-state index contributed by atoms with van der Waals surface area (Å²) in [6, 6.07) is 12.2. The smallest absolute Gasteiger partial charge is 0.141 e. The third kappa shape index (κ3) is 4.02. The Kier molecular flexibility index (Phi) is 4.84. The van der Waals surface area contributed by atoms with E-state index in [4.69, 9.17) is 0 Å². The van der Waals surface area contributed by atoms with Gasteiger partial charge in [-0.3, -0.25) is 4.90 Å². The van der Waals surface area contributed by atoms with Crippen LogP contribution in [-0.4, -0.2) is 18.0 Å². The fourth-order valence-corrected chi connectivity index (χ4v) is 3.46. The van der Waals surface area contributed by atoms with E-state index in [2.05, 4.69) is 41.3 Å². The van der Waals surface area contributed by atoms with Crippen molar-refractivity contribution < 1.29 is 4.39 Å². The first kappa shape index (κ1) is 14.5. The van der Waals surface area contributed by atoms with Crippen molar-refractivity contribution in [1.29, 1.82) is 0 Å². The summed E-state index contributed by atoms with van der Waals surface area (Å²) in [6.45, 7) is 3.28. The highest BCUT2D eigenvalue weighted by molar-refractivity contribution is 7.10. The average Bonchev–Trinajstić information content (AvgIpc) is 2.93. The Morgan fingerprint density at radius 1 is 1.14 bits per heavy atom. The van der Waals surface area contributed by atoms with Crippen molar-refractivity contribution in [2.45, 2.75) is 19.4 Å². The Morgan fingerprint density at radius 2 is 1.90 bits per heavy atom. The zero-order valence-electron chi connectivity index (χ0n) is 12.0. The predicted octanol–water partition coefficient (Wildman–Crippen LogP) is 4.81. The van der Waals surface area contributed by atoms with Crippen molar-refractivity contribution in [3.05, 3.63) is 64.1 Å². The summed E-state index contributed by atoms with van der Waals surface area (Å²) < 4.78 is 13.4. The van der Waals surface area contributed by atoms with Gasteiger partial charge in [0.15, 0.2) is 0 Å². The lowest BCUT2D eigenvalue weighted by Crippen LogP contribution is -2.32. The van der Waals surface area contributed by atoms with Crippen molar-refractivity contribution in [2.24, 2.45) is 5.92 Å². The van der Waals surface area contributed by atoms with Gasteiger partial charge in [0.05, 0.1) is 4.88 Å². The Balaban J connectivity index is 1.49. The Labute approximate surface area is 129 Å². The van der Waals surface area contributed by atoms with Gasteiger partial charge in [0, 0.05) is 6.54 Å². The zero-order chi connectivity index (χ0) is 14.5. The molecule has 0 N–H and O–H groups in total. The molecule has 1 aliphatic heterocycles. The maximum Gasteiger partial charge on any atom is 0.141 e. The van der Waals surface area contributed by atoms with E-state index in [1.54, 1.807) is 5.38 Å². The van der Waals surface area contributed by atoms with Crippen LogP contribution in [0.4, 0.5) is 4.39 Å². The molecule has 1 nitrogen and oxygen atoms in total. The van der Waals surface area contributed by atoms with Gasteiger partial charge < -0.3 is 0 Å². The van der Waals surface area contributed by atoms with Gasteiger partial charge in [-0.05, 0) is 54.9 Å². The molecule has 1 saturated heterocycles. The number of hydrogen-bond donors (Lipinski definition) is 0. The molecule has 1 fully saturated rings. The zero-order valence-corrected chi connectivity index (χ0v) is 12.9. The molecule has 110 valence electrons. The Hall–Kier alpha value is -1.45. The fraction of sp³-hybridized carbons (Fsp3) is 0.333. The summed E-state index contributed by atoms with van der Waals surface area (Å²) in [5, 5.41) is 1.80. The molecule has 0 spiro atoms. The highest BCUT2D eigenvalue weighted by Crippen LogP contribution is 2.23. The minimum Gasteiger partial charge on any atom is -0.299 e. The quantitative estimate of drug-likeness (QED) is 0.783. The highest BCUT2D eigenvalue weighted by atomic mass is 32.1. The monoisotopic (exact) mass is 301 g/mol. The van der Waals surface area contributed by atoms with Crippen LogP contribution in [0, 0.1) is 11.7 Å². The van der Waals surface area contributed by atoms with Crippen LogP contribution in [-0.2, 0) is 6.54 Å². The van der Waals surface area contributed by atoms with Gasteiger partial charge in [-0.15, -0.1) is 11.3 Å². The van der Waals surface area contributed by atoms with Crippen LogP contribution in [0.25, 0.3) is 6.08 Å². The van der Waals surface area contributed by atoms with Crippen LogP contribution >= 0.6 is 11.3 Å².